The molecule has 5 nitrogen and oxygen atoms in total. The quantitative estimate of drug-likeness (QED) is 0.449. The summed E-state index contributed by atoms with van der Waals surface area (Å²) in [6.45, 7) is 1.35. The minimum atomic E-state index is -4.69. The summed E-state index contributed by atoms with van der Waals surface area (Å²) in [5, 5.41) is -0.306. The average molecular weight is 475 g/mol. The van der Waals surface area contributed by atoms with Crippen LogP contribution in [0, 0.1) is 0 Å². The van der Waals surface area contributed by atoms with E-state index in [4.69, 9.17) is 9.31 Å². The number of carbonyl (C=O) groups is 1. The summed E-state index contributed by atoms with van der Waals surface area (Å²) in [5.74, 6) is -0.345. The predicted molar refractivity (Wildman–Crippen MR) is 131 cm³/mol. The highest BCUT2D eigenvalue weighted by atomic mass is 32.2. The van der Waals surface area contributed by atoms with Gasteiger partial charge in [0.2, 0.25) is 0 Å². The molecule has 0 spiro atoms. The molecule has 0 saturated heterocycles. The zero-order valence-electron chi connectivity index (χ0n) is 18.0. The lowest BCUT2D eigenvalue weighted by Crippen LogP contribution is -2.35. The maximum absolute atomic E-state index is 14.7. The van der Waals surface area contributed by atoms with Gasteiger partial charge in [-0.2, -0.15) is 0 Å². The molecule has 0 atom stereocenters. The first kappa shape index (κ1) is 22.0. The Morgan fingerprint density at radius 3 is 2.15 bits per heavy atom. The highest BCUT2D eigenvalue weighted by Gasteiger charge is 2.43. The molecule has 0 radical (unpaired) electrons. The molecule has 1 N–H and O–H groups in total. The van der Waals surface area contributed by atoms with Crippen LogP contribution in [-0.2, 0) is 14.1 Å². The second-order valence-corrected chi connectivity index (χ2v) is 8.77. The van der Waals surface area contributed by atoms with Gasteiger partial charge in [-0.15, -0.1) is 0 Å². The number of nitrogens with zero attached hydrogens (tertiary/aromatic N) is 1. The molecule has 2 aromatic carbocycles. The molecule has 34 heavy (non-hydrogen) atoms. The molecule has 2 aliphatic heterocycles. The fraction of sp³-hybridized carbons (Fsp3) is 0.0400. The largest absolute Gasteiger partial charge is 0.726 e. The van der Waals surface area contributed by atoms with E-state index in [2.05, 4.69) is 9.98 Å². The first-order chi connectivity index (χ1) is 16.4. The summed E-state index contributed by atoms with van der Waals surface area (Å²) in [4.78, 5) is 19.8. The Balaban J connectivity index is 1.64. The van der Waals surface area contributed by atoms with Crippen LogP contribution in [0.4, 0.5) is 8.63 Å². The first-order valence-electron chi connectivity index (χ1n) is 10.5. The topological polar surface area (TPSA) is 63.7 Å². The van der Waals surface area contributed by atoms with E-state index >= 15 is 0 Å². The summed E-state index contributed by atoms with van der Waals surface area (Å²) < 4.78 is 39.3. The number of aromatic amines is 1. The normalized spacial score (nSPS) is 19.0. The van der Waals surface area contributed by atoms with Crippen molar-refractivity contribution in [2.24, 2.45) is 4.99 Å². The van der Waals surface area contributed by atoms with E-state index in [-0.39, 0.29) is 27.2 Å². The van der Waals surface area contributed by atoms with E-state index in [1.807, 2.05) is 60.7 Å². The molecule has 1 aromatic heterocycles. The van der Waals surface area contributed by atoms with Crippen LogP contribution in [0.15, 0.2) is 106 Å². The number of carbonyl (C=O) groups excluding carboxylic acids is 1. The minimum absolute atomic E-state index is 0.138. The third-order valence-electron chi connectivity index (χ3n) is 5.13. The van der Waals surface area contributed by atoms with Crippen LogP contribution >= 0.6 is 11.8 Å². The van der Waals surface area contributed by atoms with Gasteiger partial charge in [-0.3, -0.25) is 4.79 Å². The molecular formula is C25H18BF2N2O3S-. The molecule has 2 aliphatic rings. The van der Waals surface area contributed by atoms with Crippen LogP contribution in [0.2, 0.25) is 0 Å². The summed E-state index contributed by atoms with van der Waals surface area (Å²) in [7, 11) is -4.69. The van der Waals surface area contributed by atoms with Crippen molar-refractivity contribution in [3.05, 3.63) is 113 Å². The van der Waals surface area contributed by atoms with Crippen LogP contribution in [0.1, 0.15) is 18.2 Å². The molecule has 9 heteroatoms. The lowest BCUT2D eigenvalue weighted by molar-refractivity contribution is -0.109. The van der Waals surface area contributed by atoms with Crippen LogP contribution in [0.25, 0.3) is 17.0 Å². The molecule has 170 valence electrons. The van der Waals surface area contributed by atoms with Gasteiger partial charge in [0.05, 0.1) is 16.3 Å². The zero-order valence-corrected chi connectivity index (χ0v) is 18.8. The van der Waals surface area contributed by atoms with Crippen molar-refractivity contribution in [2.45, 2.75) is 6.92 Å². The highest BCUT2D eigenvalue weighted by Crippen LogP contribution is 2.44. The molecule has 3 aromatic rings. The summed E-state index contributed by atoms with van der Waals surface area (Å²) in [6, 6.07) is 22.2. The fourth-order valence-electron chi connectivity index (χ4n) is 3.68. The van der Waals surface area contributed by atoms with Crippen LogP contribution in [-0.4, -0.2) is 22.9 Å². The second kappa shape index (κ2) is 8.83. The highest BCUT2D eigenvalue weighted by molar-refractivity contribution is 8.17. The van der Waals surface area contributed by atoms with Gasteiger partial charge in [-0.05, 0) is 41.6 Å². The number of nitrogens with one attached hydrogen (secondary N) is 1. The Kier molecular flexibility index (Phi) is 5.71. The number of hydrogen-bond donors (Lipinski definition) is 1. The Bertz CT molecular complexity index is 1380. The number of aromatic nitrogens is 1. The number of thioether (sulfide) groups is 1. The third kappa shape index (κ3) is 4.47. The van der Waals surface area contributed by atoms with Crippen molar-refractivity contribution in [3.8, 4) is 11.3 Å². The van der Waals surface area contributed by atoms with E-state index in [1.165, 1.54) is 6.92 Å². The molecule has 0 aliphatic carbocycles. The van der Waals surface area contributed by atoms with E-state index < -0.39 is 7.11 Å². The molecule has 5 rings (SSSR count). The van der Waals surface area contributed by atoms with Gasteiger partial charge in [-0.1, -0.05) is 60.7 Å². The van der Waals surface area contributed by atoms with Gasteiger partial charge < -0.3 is 22.9 Å². The predicted octanol–water partition coefficient (Wildman–Crippen LogP) is 6.32. The van der Waals surface area contributed by atoms with Gasteiger partial charge in [0.25, 0.3) is 0 Å². The smallest absolute Gasteiger partial charge is 0.625 e. The van der Waals surface area contributed by atoms with Crippen LogP contribution in [0.5, 0.6) is 0 Å². The number of halogens is 2. The second-order valence-electron chi connectivity index (χ2n) is 7.59. The number of allylic oxidation sites excluding steroid dienone is 2. The number of H-pyrrole nitrogens is 1. The van der Waals surface area contributed by atoms with Crippen molar-refractivity contribution in [1.29, 1.82) is 0 Å². The van der Waals surface area contributed by atoms with Crippen molar-refractivity contribution in [3.63, 3.8) is 0 Å². The Morgan fingerprint density at radius 1 is 0.853 bits per heavy atom. The Hall–Kier alpha value is -3.85. The van der Waals surface area contributed by atoms with E-state index in [9.17, 15) is 13.4 Å². The molecule has 3 heterocycles. The molecule has 0 fully saturated rings. The Morgan fingerprint density at radius 2 is 1.47 bits per heavy atom. The van der Waals surface area contributed by atoms with Crippen molar-refractivity contribution in [2.75, 3.05) is 0 Å². The molecular weight excluding hydrogens is 457 g/mol. The summed E-state index contributed by atoms with van der Waals surface area (Å²) >= 11 is 0.763. The molecule has 0 amide bonds. The van der Waals surface area contributed by atoms with Crippen LogP contribution < -0.4 is 0 Å². The lowest BCUT2D eigenvalue weighted by atomic mass is 10.1. The van der Waals surface area contributed by atoms with Gasteiger partial charge in [0, 0.05) is 18.2 Å². The Labute approximate surface area is 199 Å². The number of aliphatic imine (C=N–C) groups is 1. The van der Waals surface area contributed by atoms with Gasteiger partial charge in [-0.25, -0.2) is 4.99 Å². The van der Waals surface area contributed by atoms with Gasteiger partial charge in [0.15, 0.2) is 5.12 Å². The minimum Gasteiger partial charge on any atom is -0.625 e. The molecule has 0 saturated carbocycles. The van der Waals surface area contributed by atoms with Gasteiger partial charge in [0.1, 0.15) is 17.2 Å². The van der Waals surface area contributed by atoms with E-state index in [1.54, 1.807) is 24.3 Å². The van der Waals surface area contributed by atoms with E-state index in [0.29, 0.717) is 11.4 Å². The monoisotopic (exact) mass is 475 g/mol. The number of rotatable bonds is 4. The maximum Gasteiger partial charge on any atom is 0.726 e. The fourth-order valence-corrected chi connectivity index (χ4v) is 4.46. The maximum atomic E-state index is 14.7. The number of benzene rings is 2. The number of hydrogen-bond acceptors (Lipinski definition) is 5. The van der Waals surface area contributed by atoms with E-state index in [0.717, 1.165) is 28.6 Å². The van der Waals surface area contributed by atoms with Crippen LogP contribution in [0.3, 0.4) is 0 Å². The molecule has 0 bridgehead atoms. The summed E-state index contributed by atoms with van der Waals surface area (Å²) in [5.41, 5.74) is 3.54. The van der Waals surface area contributed by atoms with Crippen molar-refractivity contribution >= 4 is 35.5 Å². The lowest BCUT2D eigenvalue weighted by Gasteiger charge is -2.37. The SMILES string of the molecule is CC(=O)SC1=C(c2ccc(-c3ccccc3)[nH]2)O[B-](F)(F)O/C1=C1/C=CC(c2ccccc2)=N1. The molecule has 0 unspecified atom stereocenters. The zero-order chi connectivity index (χ0) is 23.7. The third-order valence-corrected chi connectivity index (χ3v) is 5.99. The average Bonchev–Trinajstić information content (AvgIpc) is 3.51. The van der Waals surface area contributed by atoms with Gasteiger partial charge >= 0.3 is 7.11 Å². The summed E-state index contributed by atoms with van der Waals surface area (Å²) in [6.07, 6.45) is 3.32. The van der Waals surface area contributed by atoms with Crippen molar-refractivity contribution < 1.29 is 22.7 Å². The first-order valence-corrected chi connectivity index (χ1v) is 11.3. The standard InChI is InChI=1S/C25H18BF2N2O3S/c1-16(31)34-25-23(21-14-12-19(29-21)17-8-4-2-5-9-17)32-26(27,28)33-24(25)22-15-13-20(30-22)18-10-6-3-7-11-18/h2-15,29H,1H3/q-1/b24-22-. The van der Waals surface area contributed by atoms with Crippen molar-refractivity contribution in [1.82, 2.24) is 4.98 Å².